The molecule has 0 N–H and O–H groups in total. The molecule has 0 amide bonds. The summed E-state index contributed by atoms with van der Waals surface area (Å²) in [4.78, 5) is 0. The summed E-state index contributed by atoms with van der Waals surface area (Å²) >= 11 is -3.30. The summed E-state index contributed by atoms with van der Waals surface area (Å²) in [6.07, 6.45) is 0. The molecule has 0 fully saturated rings. The van der Waals surface area contributed by atoms with Crippen LogP contribution in [0.4, 0.5) is 0 Å². The Balaban J connectivity index is 1.77. The van der Waals surface area contributed by atoms with Crippen LogP contribution < -0.4 is 3.19 Å². The van der Waals surface area contributed by atoms with Gasteiger partial charge in [0, 0.05) is 0 Å². The standard InChI is InChI=1S/3C7H8O.Nd/c3*1-6-2-4-7(8)5-3-6;/h3*2-5,8H,1H3;/q;;;+3/p-3. The Morgan fingerprint density at radius 1 is 0.440 bits per heavy atom. The Morgan fingerprint density at radius 3 is 0.920 bits per heavy atom. The van der Waals surface area contributed by atoms with Crippen molar-refractivity contribution in [3.05, 3.63) is 89.5 Å². The van der Waals surface area contributed by atoms with Gasteiger partial charge in [0.1, 0.15) is 0 Å². The Bertz CT molecular complexity index is 683. The second-order valence-electron chi connectivity index (χ2n) is 6.00. The molecule has 0 atom stereocenters. The summed E-state index contributed by atoms with van der Waals surface area (Å²) < 4.78 is 18.3. The Kier molecular flexibility index (Phi) is 6.32. The van der Waals surface area contributed by atoms with E-state index in [0.29, 0.717) is 0 Å². The summed E-state index contributed by atoms with van der Waals surface area (Å²) in [5.41, 5.74) is 3.58. The van der Waals surface area contributed by atoms with Crippen molar-refractivity contribution >= 4 is 0 Å². The second-order valence-corrected chi connectivity index (χ2v) is 9.56. The first-order valence-electron chi connectivity index (χ1n) is 8.19. The molecule has 4 heteroatoms. The minimum absolute atomic E-state index is 0.784. The van der Waals surface area contributed by atoms with Crippen LogP contribution >= 0.6 is 0 Å². The SMILES string of the molecule is Cc1ccc([O][Nd]([O]c2ccc(C)cc2)[O]c2ccc(C)cc2)cc1. The van der Waals surface area contributed by atoms with Gasteiger partial charge in [-0.1, -0.05) is 0 Å². The molecule has 3 aromatic rings. The molecule has 127 valence electrons. The van der Waals surface area contributed by atoms with E-state index in [9.17, 15) is 0 Å². The third kappa shape index (κ3) is 5.72. The second kappa shape index (κ2) is 8.68. The molecule has 0 aliphatic carbocycles. The van der Waals surface area contributed by atoms with Crippen molar-refractivity contribution in [3.8, 4) is 17.2 Å². The van der Waals surface area contributed by atoms with Crippen molar-refractivity contribution in [3.63, 3.8) is 0 Å². The predicted molar refractivity (Wildman–Crippen MR) is 95.4 cm³/mol. The normalized spacial score (nSPS) is 10.2. The van der Waals surface area contributed by atoms with Gasteiger partial charge in [0.05, 0.1) is 0 Å². The first kappa shape index (κ1) is 18.2. The predicted octanol–water partition coefficient (Wildman–Crippen LogP) is 5.51. The average Bonchev–Trinajstić information content (AvgIpc) is 2.61. The van der Waals surface area contributed by atoms with E-state index in [1.807, 2.05) is 72.8 Å². The number of hydrogen-bond acceptors (Lipinski definition) is 3. The Labute approximate surface area is 166 Å². The van der Waals surface area contributed by atoms with Crippen LogP contribution in [-0.2, 0) is 0 Å². The zero-order valence-corrected chi connectivity index (χ0v) is 17.9. The van der Waals surface area contributed by atoms with Crippen LogP contribution in [0.2, 0.25) is 0 Å². The van der Waals surface area contributed by atoms with Crippen LogP contribution in [0.15, 0.2) is 72.8 Å². The van der Waals surface area contributed by atoms with Gasteiger partial charge < -0.3 is 0 Å². The summed E-state index contributed by atoms with van der Waals surface area (Å²) in [5.74, 6) is 2.35. The molecule has 0 spiro atoms. The molecule has 0 heterocycles. The quantitative estimate of drug-likeness (QED) is 0.480. The molecular weight excluding hydrogens is 444 g/mol. The Morgan fingerprint density at radius 2 is 0.680 bits per heavy atom. The van der Waals surface area contributed by atoms with Crippen molar-refractivity contribution in [2.24, 2.45) is 0 Å². The van der Waals surface area contributed by atoms with Crippen LogP contribution in [-0.4, -0.2) is 0 Å². The molecule has 0 aliphatic heterocycles. The molecule has 0 aromatic heterocycles. The van der Waals surface area contributed by atoms with E-state index in [2.05, 4.69) is 20.8 Å². The van der Waals surface area contributed by atoms with E-state index in [0.717, 1.165) is 17.2 Å². The van der Waals surface area contributed by atoms with E-state index in [4.69, 9.17) is 3.19 Å². The summed E-state index contributed by atoms with van der Waals surface area (Å²) in [5, 5.41) is 0. The van der Waals surface area contributed by atoms with E-state index in [-0.39, 0.29) is 0 Å². The maximum atomic E-state index is 6.11. The van der Waals surface area contributed by atoms with Crippen LogP contribution in [0.25, 0.3) is 0 Å². The van der Waals surface area contributed by atoms with Crippen LogP contribution in [0, 0.1) is 57.2 Å². The van der Waals surface area contributed by atoms with Gasteiger partial charge in [0.2, 0.25) is 0 Å². The zero-order chi connectivity index (χ0) is 17.6. The molecule has 25 heavy (non-hydrogen) atoms. The van der Waals surface area contributed by atoms with Crippen LogP contribution in [0.1, 0.15) is 16.7 Å². The molecular formula is C21H21NdO3. The first-order chi connectivity index (χ1) is 12.1. The van der Waals surface area contributed by atoms with Crippen LogP contribution in [0.3, 0.4) is 0 Å². The van der Waals surface area contributed by atoms with E-state index in [1.54, 1.807) is 0 Å². The topological polar surface area (TPSA) is 27.7 Å². The van der Waals surface area contributed by atoms with Gasteiger partial charge in [-0.2, -0.15) is 0 Å². The summed E-state index contributed by atoms with van der Waals surface area (Å²) in [6.45, 7) is 6.16. The molecule has 3 nitrogen and oxygen atoms in total. The Hall–Kier alpha value is -1.59. The van der Waals surface area contributed by atoms with Crippen molar-refractivity contribution in [2.45, 2.75) is 20.8 Å². The van der Waals surface area contributed by atoms with Gasteiger partial charge in [-0.3, -0.25) is 0 Å². The fourth-order valence-electron chi connectivity index (χ4n) is 2.17. The molecule has 0 unspecified atom stereocenters. The third-order valence-electron chi connectivity index (χ3n) is 3.67. The number of hydrogen-bond donors (Lipinski definition) is 0. The molecule has 3 aromatic carbocycles. The first-order valence-corrected chi connectivity index (χ1v) is 12.1. The van der Waals surface area contributed by atoms with Gasteiger partial charge in [0.15, 0.2) is 0 Å². The average molecular weight is 466 g/mol. The molecule has 0 bridgehead atoms. The summed E-state index contributed by atoms with van der Waals surface area (Å²) in [6, 6.07) is 23.9. The van der Waals surface area contributed by atoms with E-state index < -0.39 is 36.4 Å². The molecule has 0 radical (unpaired) electrons. The number of aryl methyl sites for hydroxylation is 3. The fraction of sp³-hybridized carbons (Fsp3) is 0.143. The summed E-state index contributed by atoms with van der Waals surface area (Å²) in [7, 11) is 0. The molecule has 0 saturated heterocycles. The molecule has 0 saturated carbocycles. The molecule has 3 rings (SSSR count). The van der Waals surface area contributed by atoms with Crippen molar-refractivity contribution in [1.82, 2.24) is 0 Å². The third-order valence-corrected chi connectivity index (χ3v) is 7.54. The van der Waals surface area contributed by atoms with E-state index >= 15 is 0 Å². The van der Waals surface area contributed by atoms with Gasteiger partial charge in [0.25, 0.3) is 0 Å². The number of benzene rings is 3. The van der Waals surface area contributed by atoms with Crippen LogP contribution in [0.5, 0.6) is 17.2 Å². The van der Waals surface area contributed by atoms with Gasteiger partial charge >= 0.3 is 167 Å². The monoisotopic (exact) mass is 463 g/mol. The zero-order valence-electron chi connectivity index (χ0n) is 14.7. The maximum absolute atomic E-state index is 6.11. The van der Waals surface area contributed by atoms with Gasteiger partial charge in [-0.15, -0.1) is 0 Å². The van der Waals surface area contributed by atoms with Crippen molar-refractivity contribution in [2.75, 3.05) is 0 Å². The van der Waals surface area contributed by atoms with Crippen molar-refractivity contribution in [1.29, 1.82) is 0 Å². The van der Waals surface area contributed by atoms with Crippen molar-refractivity contribution < 1.29 is 39.6 Å². The van der Waals surface area contributed by atoms with E-state index in [1.165, 1.54) is 16.7 Å². The fourth-order valence-corrected chi connectivity index (χ4v) is 5.73. The molecule has 0 aliphatic rings. The van der Waals surface area contributed by atoms with Gasteiger partial charge in [-0.05, 0) is 0 Å². The van der Waals surface area contributed by atoms with Gasteiger partial charge in [-0.25, -0.2) is 0 Å². The number of rotatable bonds is 6. The minimum atomic E-state index is -3.30.